The number of aliphatic carboxylic acids is 1. The standard InChI is InChI=1S/C10H17NO5/c1-7(12)11-5-8(9(13)14)4-10(6-11,15-2)16-3/h8H,4-6H2,1-3H3,(H,13,14). The molecule has 1 rings (SSSR count). The van der Waals surface area contributed by atoms with Gasteiger partial charge in [-0.25, -0.2) is 0 Å². The van der Waals surface area contributed by atoms with Crippen LogP contribution in [0.2, 0.25) is 0 Å². The summed E-state index contributed by atoms with van der Waals surface area (Å²) in [5.41, 5.74) is 0. The number of nitrogens with zero attached hydrogens (tertiary/aromatic N) is 1. The molecule has 0 radical (unpaired) electrons. The van der Waals surface area contributed by atoms with Gasteiger partial charge in [0.15, 0.2) is 5.79 Å². The lowest BCUT2D eigenvalue weighted by atomic mass is 9.93. The topological polar surface area (TPSA) is 76.1 Å². The third-order valence-corrected chi connectivity index (χ3v) is 2.97. The summed E-state index contributed by atoms with van der Waals surface area (Å²) in [6.07, 6.45) is 0.249. The van der Waals surface area contributed by atoms with Crippen molar-refractivity contribution >= 4 is 11.9 Å². The van der Waals surface area contributed by atoms with Crippen molar-refractivity contribution in [3.05, 3.63) is 0 Å². The van der Waals surface area contributed by atoms with Crippen LogP contribution in [-0.4, -0.2) is 55.0 Å². The van der Waals surface area contributed by atoms with E-state index in [-0.39, 0.29) is 25.4 Å². The first-order valence-corrected chi connectivity index (χ1v) is 5.02. The average molecular weight is 231 g/mol. The van der Waals surface area contributed by atoms with Crippen LogP contribution in [0.4, 0.5) is 0 Å². The summed E-state index contributed by atoms with van der Waals surface area (Å²) in [4.78, 5) is 23.7. The maximum Gasteiger partial charge on any atom is 0.308 e. The minimum Gasteiger partial charge on any atom is -0.481 e. The van der Waals surface area contributed by atoms with Gasteiger partial charge >= 0.3 is 5.97 Å². The number of methoxy groups -OCH3 is 2. The molecule has 1 N–H and O–H groups in total. The van der Waals surface area contributed by atoms with Gasteiger partial charge in [0.25, 0.3) is 0 Å². The van der Waals surface area contributed by atoms with Gasteiger partial charge in [-0.1, -0.05) is 0 Å². The number of carbonyl (C=O) groups is 2. The second kappa shape index (κ2) is 4.80. The number of carbonyl (C=O) groups excluding carboxylic acids is 1. The van der Waals surface area contributed by atoms with Crippen molar-refractivity contribution in [3.63, 3.8) is 0 Å². The van der Waals surface area contributed by atoms with Gasteiger partial charge in [0, 0.05) is 34.1 Å². The van der Waals surface area contributed by atoms with Gasteiger partial charge in [0.2, 0.25) is 5.91 Å². The summed E-state index contributed by atoms with van der Waals surface area (Å²) in [6, 6.07) is 0. The van der Waals surface area contributed by atoms with E-state index in [4.69, 9.17) is 14.6 Å². The quantitative estimate of drug-likeness (QED) is 0.688. The fourth-order valence-corrected chi connectivity index (χ4v) is 1.91. The Morgan fingerprint density at radius 2 is 1.94 bits per heavy atom. The minimum atomic E-state index is -1.01. The van der Waals surface area contributed by atoms with Crippen LogP contribution in [0.5, 0.6) is 0 Å². The van der Waals surface area contributed by atoms with Gasteiger partial charge < -0.3 is 19.5 Å². The van der Waals surface area contributed by atoms with Crippen molar-refractivity contribution in [2.24, 2.45) is 5.92 Å². The van der Waals surface area contributed by atoms with Crippen molar-refractivity contribution in [3.8, 4) is 0 Å². The molecule has 0 aromatic heterocycles. The summed E-state index contributed by atoms with van der Waals surface area (Å²) in [7, 11) is 2.90. The van der Waals surface area contributed by atoms with Crippen LogP contribution in [-0.2, 0) is 19.1 Å². The first-order valence-electron chi connectivity index (χ1n) is 5.02. The molecule has 1 saturated heterocycles. The van der Waals surface area contributed by atoms with Crippen LogP contribution >= 0.6 is 0 Å². The van der Waals surface area contributed by atoms with Crippen LogP contribution in [0.3, 0.4) is 0 Å². The molecule has 1 aliphatic heterocycles. The van der Waals surface area contributed by atoms with Crippen molar-refractivity contribution in [2.45, 2.75) is 19.1 Å². The third-order valence-electron chi connectivity index (χ3n) is 2.97. The molecular weight excluding hydrogens is 214 g/mol. The lowest BCUT2D eigenvalue weighted by Crippen LogP contribution is -2.56. The van der Waals surface area contributed by atoms with Crippen LogP contribution < -0.4 is 0 Å². The van der Waals surface area contributed by atoms with E-state index in [1.807, 2.05) is 0 Å². The second-order valence-electron chi connectivity index (χ2n) is 3.96. The van der Waals surface area contributed by atoms with Gasteiger partial charge in [-0.3, -0.25) is 9.59 Å². The molecule has 1 unspecified atom stereocenters. The maximum absolute atomic E-state index is 11.3. The number of carboxylic acids is 1. The highest BCUT2D eigenvalue weighted by Crippen LogP contribution is 2.29. The lowest BCUT2D eigenvalue weighted by Gasteiger charge is -2.42. The fraction of sp³-hybridized carbons (Fsp3) is 0.800. The van der Waals surface area contributed by atoms with Crippen LogP contribution in [0.1, 0.15) is 13.3 Å². The Bertz CT molecular complexity index is 263. The van der Waals surface area contributed by atoms with E-state index in [0.29, 0.717) is 0 Å². The first-order chi connectivity index (χ1) is 7.44. The largest absolute Gasteiger partial charge is 0.481 e. The number of hydrogen-bond acceptors (Lipinski definition) is 4. The fourth-order valence-electron chi connectivity index (χ4n) is 1.91. The Labute approximate surface area is 94.1 Å². The Kier molecular flexibility index (Phi) is 3.88. The minimum absolute atomic E-state index is 0.176. The number of ether oxygens (including phenoxy) is 2. The number of hydrogen-bond donors (Lipinski definition) is 1. The predicted molar refractivity (Wildman–Crippen MR) is 54.7 cm³/mol. The smallest absolute Gasteiger partial charge is 0.308 e. The van der Waals surface area contributed by atoms with E-state index < -0.39 is 17.7 Å². The molecule has 1 fully saturated rings. The molecule has 1 atom stereocenters. The van der Waals surface area contributed by atoms with E-state index in [2.05, 4.69) is 0 Å². The van der Waals surface area contributed by atoms with Crippen molar-refractivity contribution in [1.82, 2.24) is 4.90 Å². The maximum atomic E-state index is 11.3. The molecule has 1 amide bonds. The highest BCUT2D eigenvalue weighted by atomic mass is 16.7. The molecule has 0 saturated carbocycles. The van der Waals surface area contributed by atoms with Crippen molar-refractivity contribution in [1.29, 1.82) is 0 Å². The predicted octanol–water partition coefficient (Wildman–Crippen LogP) is -0.0715. The molecule has 0 spiro atoms. The summed E-state index contributed by atoms with van der Waals surface area (Å²) >= 11 is 0. The van der Waals surface area contributed by atoms with Gasteiger partial charge in [-0.05, 0) is 0 Å². The second-order valence-corrected chi connectivity index (χ2v) is 3.96. The molecule has 6 heteroatoms. The molecule has 0 aromatic carbocycles. The average Bonchev–Trinajstić information content (AvgIpc) is 2.28. The number of rotatable bonds is 3. The Morgan fingerprint density at radius 3 is 2.31 bits per heavy atom. The molecule has 1 aliphatic rings. The van der Waals surface area contributed by atoms with Crippen LogP contribution in [0.25, 0.3) is 0 Å². The molecule has 0 bridgehead atoms. The molecule has 16 heavy (non-hydrogen) atoms. The first kappa shape index (κ1) is 12.9. The van der Waals surface area contributed by atoms with Crippen molar-refractivity contribution in [2.75, 3.05) is 27.3 Å². The number of likely N-dealkylation sites (tertiary alicyclic amines) is 1. The highest BCUT2D eigenvalue weighted by Gasteiger charge is 2.43. The highest BCUT2D eigenvalue weighted by molar-refractivity contribution is 5.76. The van der Waals surface area contributed by atoms with Crippen LogP contribution in [0.15, 0.2) is 0 Å². The van der Waals surface area contributed by atoms with Gasteiger partial charge in [-0.2, -0.15) is 0 Å². The SMILES string of the molecule is COC1(OC)CC(C(=O)O)CN(C(C)=O)C1. The number of piperidine rings is 1. The zero-order chi connectivity index (χ0) is 12.3. The normalized spacial score (nSPS) is 24.2. The van der Waals surface area contributed by atoms with E-state index in [1.165, 1.54) is 26.0 Å². The van der Waals surface area contributed by atoms with Gasteiger partial charge in [0.05, 0.1) is 12.5 Å². The zero-order valence-electron chi connectivity index (χ0n) is 9.73. The van der Waals surface area contributed by atoms with E-state index in [9.17, 15) is 9.59 Å². The summed E-state index contributed by atoms with van der Waals surface area (Å²) in [5, 5.41) is 9.01. The molecular formula is C10H17NO5. The van der Waals surface area contributed by atoms with E-state index >= 15 is 0 Å². The lowest BCUT2D eigenvalue weighted by molar-refractivity contribution is -0.241. The number of amides is 1. The Hall–Kier alpha value is -1.14. The van der Waals surface area contributed by atoms with Gasteiger partial charge in [0.1, 0.15) is 0 Å². The Morgan fingerprint density at radius 1 is 1.38 bits per heavy atom. The summed E-state index contributed by atoms with van der Waals surface area (Å²) < 4.78 is 10.4. The van der Waals surface area contributed by atoms with Crippen LogP contribution in [0, 0.1) is 5.92 Å². The number of carboxylic acid groups (broad SMARTS) is 1. The van der Waals surface area contributed by atoms with Gasteiger partial charge in [-0.15, -0.1) is 0 Å². The molecule has 1 heterocycles. The summed E-state index contributed by atoms with van der Waals surface area (Å²) in [6.45, 7) is 1.87. The molecule has 0 aromatic rings. The summed E-state index contributed by atoms with van der Waals surface area (Å²) in [5.74, 6) is -2.78. The van der Waals surface area contributed by atoms with E-state index in [1.54, 1.807) is 0 Å². The molecule has 6 nitrogen and oxygen atoms in total. The molecule has 92 valence electrons. The van der Waals surface area contributed by atoms with Crippen molar-refractivity contribution < 1.29 is 24.2 Å². The third kappa shape index (κ3) is 2.51. The monoisotopic (exact) mass is 231 g/mol. The molecule has 0 aliphatic carbocycles. The Balaban J connectivity index is 2.89. The van der Waals surface area contributed by atoms with E-state index in [0.717, 1.165) is 0 Å². The zero-order valence-corrected chi connectivity index (χ0v) is 9.73.